The van der Waals surface area contributed by atoms with Crippen LogP contribution in [0.5, 0.6) is 0 Å². The van der Waals surface area contributed by atoms with Crippen LogP contribution in [-0.2, 0) is 14.9 Å². The Labute approximate surface area is 75.6 Å². The van der Waals surface area contributed by atoms with E-state index in [0.717, 1.165) is 0 Å². The minimum absolute atomic E-state index is 0.0133. The topological polar surface area (TPSA) is 63.6 Å². The Bertz CT molecular complexity index is 237. The molecule has 13 heavy (non-hydrogen) atoms. The summed E-state index contributed by atoms with van der Waals surface area (Å²) in [5, 5.41) is -4.04. The van der Waals surface area contributed by atoms with Gasteiger partial charge in [0.2, 0.25) is 0 Å². The van der Waals surface area contributed by atoms with Crippen LogP contribution in [0, 0.1) is 0 Å². The van der Waals surface area contributed by atoms with Crippen molar-refractivity contribution in [2.24, 2.45) is 0 Å². The maximum absolute atomic E-state index is 12.5. The first-order valence-electron chi connectivity index (χ1n) is 3.65. The van der Waals surface area contributed by atoms with Crippen LogP contribution < -0.4 is 0 Å². The zero-order valence-electron chi connectivity index (χ0n) is 7.16. The van der Waals surface area contributed by atoms with Crippen LogP contribution in [0.25, 0.3) is 0 Å². The number of ether oxygens (including phenoxy) is 1. The number of hydrogen-bond donors (Lipinski definition) is 1. The van der Waals surface area contributed by atoms with Crippen molar-refractivity contribution in [3.8, 4) is 0 Å². The summed E-state index contributed by atoms with van der Waals surface area (Å²) in [4.78, 5) is 0. The molecule has 4 nitrogen and oxygen atoms in total. The average Bonchev–Trinajstić information content (AvgIpc) is 1.96. The lowest BCUT2D eigenvalue weighted by Crippen LogP contribution is -2.27. The van der Waals surface area contributed by atoms with Gasteiger partial charge >= 0.3 is 15.4 Å². The SMILES string of the molecule is COCCCCC(F)(F)S(=O)(=O)O. The third-order valence-corrected chi connectivity index (χ3v) is 2.40. The van der Waals surface area contributed by atoms with Gasteiger partial charge in [0.05, 0.1) is 0 Å². The van der Waals surface area contributed by atoms with E-state index in [-0.39, 0.29) is 6.42 Å². The van der Waals surface area contributed by atoms with Crippen molar-refractivity contribution in [1.29, 1.82) is 0 Å². The number of hydrogen-bond acceptors (Lipinski definition) is 3. The molecule has 1 N–H and O–H groups in total. The van der Waals surface area contributed by atoms with Gasteiger partial charge in [0.1, 0.15) is 0 Å². The van der Waals surface area contributed by atoms with Crippen molar-refractivity contribution in [1.82, 2.24) is 0 Å². The van der Waals surface area contributed by atoms with Crippen LogP contribution in [0.4, 0.5) is 8.78 Å². The molecule has 0 rings (SSSR count). The summed E-state index contributed by atoms with van der Waals surface area (Å²) >= 11 is 0. The van der Waals surface area contributed by atoms with Crippen molar-refractivity contribution in [2.75, 3.05) is 13.7 Å². The van der Waals surface area contributed by atoms with Crippen molar-refractivity contribution < 1.29 is 26.5 Å². The molecule has 0 unspecified atom stereocenters. The first-order valence-corrected chi connectivity index (χ1v) is 5.09. The Morgan fingerprint density at radius 3 is 2.31 bits per heavy atom. The van der Waals surface area contributed by atoms with E-state index in [4.69, 9.17) is 4.55 Å². The Morgan fingerprint density at radius 2 is 1.92 bits per heavy atom. The second kappa shape index (κ2) is 4.83. The van der Waals surface area contributed by atoms with E-state index >= 15 is 0 Å². The van der Waals surface area contributed by atoms with E-state index in [1.807, 2.05) is 0 Å². The van der Waals surface area contributed by atoms with E-state index in [0.29, 0.717) is 13.0 Å². The molecule has 0 amide bonds. The smallest absolute Gasteiger partial charge is 0.370 e. The summed E-state index contributed by atoms with van der Waals surface area (Å²) in [5.41, 5.74) is 0. The third-order valence-electron chi connectivity index (χ3n) is 1.44. The van der Waals surface area contributed by atoms with Crippen molar-refractivity contribution >= 4 is 10.1 Å². The van der Waals surface area contributed by atoms with Gasteiger partial charge in [-0.05, 0) is 12.8 Å². The molecule has 0 saturated carbocycles. The van der Waals surface area contributed by atoms with E-state index in [1.165, 1.54) is 7.11 Å². The number of unbranched alkanes of at least 4 members (excludes halogenated alkanes) is 1. The molecule has 0 aliphatic heterocycles. The molecule has 0 radical (unpaired) electrons. The molecule has 0 aromatic rings. The normalized spacial score (nSPS) is 13.2. The van der Waals surface area contributed by atoms with Gasteiger partial charge in [-0.3, -0.25) is 4.55 Å². The van der Waals surface area contributed by atoms with Crippen molar-refractivity contribution in [3.63, 3.8) is 0 Å². The summed E-state index contributed by atoms with van der Waals surface area (Å²) in [7, 11) is -3.85. The third kappa shape index (κ3) is 4.49. The number of methoxy groups -OCH3 is 1. The predicted octanol–water partition coefficient (Wildman–Crippen LogP) is 1.28. The highest BCUT2D eigenvalue weighted by molar-refractivity contribution is 7.86. The zero-order valence-corrected chi connectivity index (χ0v) is 7.98. The summed E-state index contributed by atoms with van der Waals surface area (Å²) < 4.78 is 57.8. The van der Waals surface area contributed by atoms with E-state index in [1.54, 1.807) is 0 Å². The molecule has 0 aliphatic carbocycles. The van der Waals surface area contributed by atoms with Gasteiger partial charge in [-0.15, -0.1) is 0 Å². The number of rotatable bonds is 6. The Morgan fingerprint density at radius 1 is 1.38 bits per heavy atom. The fraction of sp³-hybridized carbons (Fsp3) is 1.00. The number of halogens is 2. The maximum atomic E-state index is 12.5. The summed E-state index contributed by atoms with van der Waals surface area (Å²) in [5.74, 6) is 0. The van der Waals surface area contributed by atoms with Gasteiger partial charge in [0, 0.05) is 20.1 Å². The summed E-state index contributed by atoms with van der Waals surface area (Å²) in [6, 6.07) is 0. The van der Waals surface area contributed by atoms with Gasteiger partial charge < -0.3 is 4.74 Å². The molecule has 0 spiro atoms. The van der Waals surface area contributed by atoms with E-state index < -0.39 is 21.8 Å². The maximum Gasteiger partial charge on any atom is 0.370 e. The van der Waals surface area contributed by atoms with Crippen LogP contribution in [0.3, 0.4) is 0 Å². The van der Waals surface area contributed by atoms with Crippen molar-refractivity contribution in [3.05, 3.63) is 0 Å². The molecule has 0 atom stereocenters. The molecule has 0 aromatic heterocycles. The Hall–Kier alpha value is -0.270. The molecular weight excluding hydrogens is 206 g/mol. The van der Waals surface area contributed by atoms with Gasteiger partial charge in [-0.2, -0.15) is 17.2 Å². The molecule has 0 fully saturated rings. The minimum atomic E-state index is -5.26. The zero-order chi connectivity index (χ0) is 10.5. The first-order chi connectivity index (χ1) is 5.81. The summed E-state index contributed by atoms with van der Waals surface area (Å²) in [6.45, 7) is 0.293. The van der Waals surface area contributed by atoms with E-state index in [9.17, 15) is 17.2 Å². The quantitative estimate of drug-likeness (QED) is 0.539. The van der Waals surface area contributed by atoms with Crippen LogP contribution in [0.15, 0.2) is 0 Å². The monoisotopic (exact) mass is 218 g/mol. The van der Waals surface area contributed by atoms with Gasteiger partial charge in [0.25, 0.3) is 0 Å². The molecule has 0 bridgehead atoms. The largest absolute Gasteiger partial charge is 0.385 e. The fourth-order valence-electron chi connectivity index (χ4n) is 0.706. The van der Waals surface area contributed by atoms with Gasteiger partial charge in [-0.25, -0.2) is 0 Å². The molecule has 7 heteroatoms. The Balaban J connectivity index is 3.91. The highest BCUT2D eigenvalue weighted by Crippen LogP contribution is 2.26. The first kappa shape index (κ1) is 12.7. The molecule has 0 aromatic carbocycles. The van der Waals surface area contributed by atoms with Gasteiger partial charge in [0.15, 0.2) is 0 Å². The lowest BCUT2D eigenvalue weighted by molar-refractivity contribution is 0.0656. The van der Waals surface area contributed by atoms with Crippen molar-refractivity contribution in [2.45, 2.75) is 24.5 Å². The molecule has 0 aliphatic rings. The minimum Gasteiger partial charge on any atom is -0.385 e. The number of alkyl halides is 2. The molecule has 0 heterocycles. The predicted molar refractivity (Wildman–Crippen MR) is 42.2 cm³/mol. The lowest BCUT2D eigenvalue weighted by Gasteiger charge is -2.11. The average molecular weight is 218 g/mol. The summed E-state index contributed by atoms with van der Waals surface area (Å²) in [6.07, 6.45) is -0.558. The van der Waals surface area contributed by atoms with Crippen LogP contribution in [0.2, 0.25) is 0 Å². The van der Waals surface area contributed by atoms with E-state index in [2.05, 4.69) is 4.74 Å². The van der Waals surface area contributed by atoms with Crippen LogP contribution in [0.1, 0.15) is 19.3 Å². The Kier molecular flexibility index (Phi) is 4.72. The highest BCUT2D eigenvalue weighted by atomic mass is 32.2. The molecule has 0 saturated heterocycles. The lowest BCUT2D eigenvalue weighted by atomic mass is 10.2. The second-order valence-electron chi connectivity index (χ2n) is 2.56. The molecular formula is C6H12F2O4S. The molecule has 80 valence electrons. The van der Waals surface area contributed by atoms with Crippen LogP contribution >= 0.6 is 0 Å². The van der Waals surface area contributed by atoms with Gasteiger partial charge in [-0.1, -0.05) is 0 Å². The second-order valence-corrected chi connectivity index (χ2v) is 4.11. The highest BCUT2D eigenvalue weighted by Gasteiger charge is 2.42. The van der Waals surface area contributed by atoms with Crippen LogP contribution in [-0.4, -0.2) is 31.9 Å². The fourth-order valence-corrected chi connectivity index (χ4v) is 1.11. The standard InChI is InChI=1S/C6H12F2O4S/c1-12-5-3-2-4-6(7,8)13(9,10)11/h2-5H2,1H3,(H,9,10,11).